The van der Waals surface area contributed by atoms with Crippen LogP contribution in [-0.2, 0) is 4.79 Å². The fourth-order valence-corrected chi connectivity index (χ4v) is 1.71. The van der Waals surface area contributed by atoms with Gasteiger partial charge in [0.25, 0.3) is 0 Å². The summed E-state index contributed by atoms with van der Waals surface area (Å²) >= 11 is 5.88. The van der Waals surface area contributed by atoms with E-state index in [2.05, 4.69) is 0 Å². The highest BCUT2D eigenvalue weighted by Gasteiger charge is 2.06. The maximum atomic E-state index is 10.5. The fraction of sp³-hybridized carbons (Fsp3) is 0.364. The van der Waals surface area contributed by atoms with Crippen molar-refractivity contribution < 1.29 is 9.53 Å². The number of aryl methyl sites for hydroxylation is 2. The maximum absolute atomic E-state index is 10.5. The summed E-state index contributed by atoms with van der Waals surface area (Å²) in [5.41, 5.74) is 6.94. The lowest BCUT2D eigenvalue weighted by molar-refractivity contribution is -0.118. The largest absolute Gasteiger partial charge is 0.493 e. The predicted octanol–water partition coefficient (Wildman–Crippen LogP) is 2.21. The Morgan fingerprint density at radius 3 is 2.40 bits per heavy atom. The third kappa shape index (κ3) is 3.44. The Kier molecular flexibility index (Phi) is 3.97. The second kappa shape index (κ2) is 5.03. The molecule has 1 aromatic rings. The van der Waals surface area contributed by atoms with Gasteiger partial charge < -0.3 is 10.5 Å². The normalized spacial score (nSPS) is 10.1. The molecule has 0 spiro atoms. The predicted molar refractivity (Wildman–Crippen MR) is 60.2 cm³/mol. The summed E-state index contributed by atoms with van der Waals surface area (Å²) in [6.45, 7) is 4.13. The van der Waals surface area contributed by atoms with E-state index in [9.17, 15) is 4.79 Å². The Morgan fingerprint density at radius 2 is 1.93 bits per heavy atom. The van der Waals surface area contributed by atoms with Gasteiger partial charge in [-0.05, 0) is 37.1 Å². The van der Waals surface area contributed by atoms with Crippen molar-refractivity contribution in [3.8, 4) is 5.75 Å². The number of halogens is 1. The van der Waals surface area contributed by atoms with Crippen LogP contribution in [0.1, 0.15) is 17.5 Å². The van der Waals surface area contributed by atoms with Gasteiger partial charge in [-0.15, -0.1) is 0 Å². The minimum Gasteiger partial charge on any atom is -0.493 e. The lowest BCUT2D eigenvalue weighted by atomic mass is 10.1. The summed E-state index contributed by atoms with van der Waals surface area (Å²) in [6, 6.07) is 3.66. The quantitative estimate of drug-likeness (QED) is 0.858. The molecule has 0 aliphatic rings. The summed E-state index contributed by atoms with van der Waals surface area (Å²) in [7, 11) is 0. The molecule has 0 aliphatic carbocycles. The van der Waals surface area contributed by atoms with Crippen LogP contribution < -0.4 is 10.5 Å². The molecule has 2 N–H and O–H groups in total. The van der Waals surface area contributed by atoms with Crippen molar-refractivity contribution in [1.82, 2.24) is 0 Å². The van der Waals surface area contributed by atoms with Crippen LogP contribution in [0.5, 0.6) is 5.75 Å². The molecule has 1 amide bonds. The molecule has 82 valence electrons. The fourth-order valence-electron chi connectivity index (χ4n) is 1.38. The molecule has 1 rings (SSSR count). The number of carbonyl (C=O) groups excluding carboxylic acids is 1. The van der Waals surface area contributed by atoms with E-state index in [0.717, 1.165) is 16.9 Å². The molecule has 0 saturated carbocycles. The lowest BCUT2D eigenvalue weighted by Crippen LogP contribution is -2.15. The van der Waals surface area contributed by atoms with Gasteiger partial charge >= 0.3 is 0 Å². The van der Waals surface area contributed by atoms with Gasteiger partial charge in [-0.25, -0.2) is 0 Å². The standard InChI is InChI=1S/C11H14ClNO2/c1-7-5-9(12)6-8(2)11(7)15-4-3-10(13)14/h5-6H,3-4H2,1-2H3,(H2,13,14). The number of rotatable bonds is 4. The monoisotopic (exact) mass is 227 g/mol. The lowest BCUT2D eigenvalue weighted by Gasteiger charge is -2.11. The summed E-state index contributed by atoms with van der Waals surface area (Å²) in [4.78, 5) is 10.5. The van der Waals surface area contributed by atoms with E-state index in [0.29, 0.717) is 11.6 Å². The average Bonchev–Trinajstić information content (AvgIpc) is 2.08. The zero-order valence-electron chi connectivity index (χ0n) is 8.84. The van der Waals surface area contributed by atoms with Crippen LogP contribution >= 0.6 is 11.6 Å². The first kappa shape index (κ1) is 11.9. The van der Waals surface area contributed by atoms with Crippen molar-refractivity contribution in [3.05, 3.63) is 28.3 Å². The molecule has 1 aromatic carbocycles. The molecule has 0 atom stereocenters. The molecular weight excluding hydrogens is 214 g/mol. The molecule has 0 saturated heterocycles. The highest BCUT2D eigenvalue weighted by molar-refractivity contribution is 6.30. The highest BCUT2D eigenvalue weighted by atomic mass is 35.5. The Bertz CT molecular complexity index is 354. The van der Waals surface area contributed by atoms with Crippen LogP contribution in [-0.4, -0.2) is 12.5 Å². The topological polar surface area (TPSA) is 52.3 Å². The summed E-state index contributed by atoms with van der Waals surface area (Å²) in [6.07, 6.45) is 0.224. The van der Waals surface area contributed by atoms with E-state index in [-0.39, 0.29) is 12.3 Å². The zero-order valence-corrected chi connectivity index (χ0v) is 9.60. The van der Waals surface area contributed by atoms with Gasteiger partial charge in [-0.2, -0.15) is 0 Å². The molecule has 15 heavy (non-hydrogen) atoms. The maximum Gasteiger partial charge on any atom is 0.220 e. The van der Waals surface area contributed by atoms with Crippen LogP contribution in [0, 0.1) is 13.8 Å². The number of benzene rings is 1. The van der Waals surface area contributed by atoms with E-state index < -0.39 is 0 Å². The minimum absolute atomic E-state index is 0.224. The minimum atomic E-state index is -0.362. The Labute approximate surface area is 94.2 Å². The van der Waals surface area contributed by atoms with Crippen molar-refractivity contribution in [3.63, 3.8) is 0 Å². The van der Waals surface area contributed by atoms with Crippen molar-refractivity contribution in [2.45, 2.75) is 20.3 Å². The molecule has 0 fully saturated rings. The summed E-state index contributed by atoms with van der Waals surface area (Å²) in [5.74, 6) is 0.417. The van der Waals surface area contributed by atoms with E-state index >= 15 is 0 Å². The van der Waals surface area contributed by atoms with Gasteiger partial charge in [0.15, 0.2) is 0 Å². The smallest absolute Gasteiger partial charge is 0.220 e. The van der Waals surface area contributed by atoms with Gasteiger partial charge in [0.05, 0.1) is 13.0 Å². The average molecular weight is 228 g/mol. The Morgan fingerprint density at radius 1 is 1.40 bits per heavy atom. The van der Waals surface area contributed by atoms with Crippen molar-refractivity contribution in [2.75, 3.05) is 6.61 Å². The molecule has 0 radical (unpaired) electrons. The van der Waals surface area contributed by atoms with Gasteiger partial charge in [0.2, 0.25) is 5.91 Å². The van der Waals surface area contributed by atoms with E-state index in [1.165, 1.54) is 0 Å². The van der Waals surface area contributed by atoms with Gasteiger partial charge in [-0.1, -0.05) is 11.6 Å². The van der Waals surface area contributed by atoms with Crippen LogP contribution in [0.4, 0.5) is 0 Å². The van der Waals surface area contributed by atoms with Crippen LogP contribution in [0.2, 0.25) is 5.02 Å². The molecule has 0 unspecified atom stereocenters. The van der Waals surface area contributed by atoms with Gasteiger partial charge in [0.1, 0.15) is 5.75 Å². The van der Waals surface area contributed by atoms with Gasteiger partial charge in [0, 0.05) is 5.02 Å². The molecule has 0 heterocycles. The Hall–Kier alpha value is -1.22. The molecule has 4 heteroatoms. The highest BCUT2D eigenvalue weighted by Crippen LogP contribution is 2.26. The molecule has 0 bridgehead atoms. The second-order valence-corrected chi connectivity index (χ2v) is 3.87. The number of amides is 1. The molecular formula is C11H14ClNO2. The molecule has 0 aromatic heterocycles. The number of primary amides is 1. The number of carbonyl (C=O) groups is 1. The third-order valence-corrected chi connectivity index (χ3v) is 2.24. The first-order chi connectivity index (χ1) is 7.00. The molecule has 0 aliphatic heterocycles. The first-order valence-electron chi connectivity index (χ1n) is 4.68. The van der Waals surface area contributed by atoms with Crippen LogP contribution in [0.15, 0.2) is 12.1 Å². The van der Waals surface area contributed by atoms with Crippen molar-refractivity contribution in [1.29, 1.82) is 0 Å². The van der Waals surface area contributed by atoms with E-state index in [1.54, 1.807) is 0 Å². The number of ether oxygens (including phenoxy) is 1. The summed E-state index contributed by atoms with van der Waals surface area (Å²) in [5, 5.41) is 0.687. The van der Waals surface area contributed by atoms with Gasteiger partial charge in [-0.3, -0.25) is 4.79 Å². The SMILES string of the molecule is Cc1cc(Cl)cc(C)c1OCCC(N)=O. The van der Waals surface area contributed by atoms with Crippen molar-refractivity contribution in [2.24, 2.45) is 5.73 Å². The second-order valence-electron chi connectivity index (χ2n) is 3.43. The third-order valence-electron chi connectivity index (χ3n) is 2.02. The zero-order chi connectivity index (χ0) is 11.4. The number of nitrogens with two attached hydrogens (primary N) is 1. The van der Waals surface area contributed by atoms with Crippen LogP contribution in [0.3, 0.4) is 0 Å². The Balaban J connectivity index is 2.72. The molecule has 3 nitrogen and oxygen atoms in total. The first-order valence-corrected chi connectivity index (χ1v) is 5.06. The van der Waals surface area contributed by atoms with Crippen molar-refractivity contribution >= 4 is 17.5 Å². The van der Waals surface area contributed by atoms with E-state index in [1.807, 2.05) is 26.0 Å². The number of hydrogen-bond acceptors (Lipinski definition) is 2. The van der Waals surface area contributed by atoms with E-state index in [4.69, 9.17) is 22.1 Å². The van der Waals surface area contributed by atoms with Crippen LogP contribution in [0.25, 0.3) is 0 Å². The summed E-state index contributed by atoms with van der Waals surface area (Å²) < 4.78 is 5.47. The number of hydrogen-bond donors (Lipinski definition) is 1.